The van der Waals surface area contributed by atoms with Gasteiger partial charge in [-0.3, -0.25) is 0 Å². The number of hydrogen-bond donors (Lipinski definition) is 3. The molecule has 0 saturated carbocycles. The largest absolute Gasteiger partial charge is 0.490 e. The first-order valence-electron chi connectivity index (χ1n) is 8.39. The Kier molecular flexibility index (Phi) is 6.73. The Bertz CT molecular complexity index is 754. The summed E-state index contributed by atoms with van der Waals surface area (Å²) in [5.74, 6) is -3.00. The normalized spacial score (nSPS) is 12.5. The third kappa shape index (κ3) is 6.21. The molecule has 1 aromatic carbocycles. The van der Waals surface area contributed by atoms with Gasteiger partial charge in [-0.25, -0.2) is 4.79 Å². The van der Waals surface area contributed by atoms with Gasteiger partial charge < -0.3 is 25.0 Å². The van der Waals surface area contributed by atoms with Gasteiger partial charge in [-0.05, 0) is 25.0 Å². The van der Waals surface area contributed by atoms with Gasteiger partial charge in [-0.2, -0.15) is 8.78 Å². The molecule has 2 rings (SSSR count). The van der Waals surface area contributed by atoms with Crippen LogP contribution in [0.25, 0.3) is 0 Å². The molecule has 27 heavy (non-hydrogen) atoms. The molecule has 1 heterocycles. The van der Waals surface area contributed by atoms with Gasteiger partial charge in [-0.15, -0.1) is 0 Å². The first-order valence-corrected chi connectivity index (χ1v) is 8.39. The fourth-order valence-corrected chi connectivity index (χ4v) is 2.31. The molecule has 0 aliphatic heterocycles. The molecule has 9 heteroatoms. The molecule has 0 aliphatic rings. The number of alkyl halides is 2. The Morgan fingerprint density at radius 3 is 2.59 bits per heavy atom. The maximum absolute atomic E-state index is 13.0. The first kappa shape index (κ1) is 20.6. The number of carbonyl (C=O) groups excluding carboxylic acids is 1. The molecule has 0 aliphatic carbocycles. The van der Waals surface area contributed by atoms with Crippen LogP contribution in [0.1, 0.15) is 29.5 Å². The molecule has 0 fully saturated rings. The average molecular weight is 383 g/mol. The van der Waals surface area contributed by atoms with E-state index >= 15 is 0 Å². The number of para-hydroxylation sites is 1. The number of aliphatic hydroxyl groups is 1. The number of amides is 2. The molecule has 2 amide bonds. The second-order valence-corrected chi connectivity index (χ2v) is 6.32. The van der Waals surface area contributed by atoms with Gasteiger partial charge >= 0.3 is 12.0 Å². The number of nitrogens with one attached hydrogen (secondary N) is 2. The number of aromatic nitrogens is 1. The topological polar surface area (TPSA) is 96.6 Å². The van der Waals surface area contributed by atoms with Crippen LogP contribution in [0.15, 0.2) is 28.8 Å². The van der Waals surface area contributed by atoms with Crippen LogP contribution < -0.4 is 15.4 Å². The van der Waals surface area contributed by atoms with Crippen LogP contribution >= 0.6 is 0 Å². The summed E-state index contributed by atoms with van der Waals surface area (Å²) in [5.41, 5.74) is 2.08. The lowest BCUT2D eigenvalue weighted by atomic mass is 10.1. The number of benzene rings is 1. The van der Waals surface area contributed by atoms with Gasteiger partial charge in [0.2, 0.25) is 5.76 Å². The summed E-state index contributed by atoms with van der Waals surface area (Å²) < 4.78 is 36.2. The summed E-state index contributed by atoms with van der Waals surface area (Å²) in [6.45, 7) is 4.41. The third-order valence-electron chi connectivity index (χ3n) is 3.75. The fourth-order valence-electron chi connectivity index (χ4n) is 2.31. The SMILES string of the molecule is Cc1cccc(C)c1OCC(O)CNC(=O)NCc1cc(C(C)(F)F)on1. The number of aliphatic hydroxyl groups excluding tert-OH is 1. The van der Waals surface area contributed by atoms with Crippen molar-refractivity contribution in [1.82, 2.24) is 15.8 Å². The second-order valence-electron chi connectivity index (χ2n) is 6.32. The number of nitrogens with zero attached hydrogens (tertiary/aromatic N) is 1. The standard InChI is InChI=1S/C18H23F2N3O4/c1-11-5-4-6-12(2)16(11)26-10-14(24)9-22-17(25)21-8-13-7-15(27-23-13)18(3,19)20/h4-7,14,24H,8-10H2,1-3H3,(H2,21,22,25). The van der Waals surface area contributed by atoms with Crippen LogP contribution in [-0.4, -0.2) is 35.5 Å². The zero-order valence-electron chi connectivity index (χ0n) is 15.4. The van der Waals surface area contributed by atoms with Crippen molar-refractivity contribution in [3.63, 3.8) is 0 Å². The van der Waals surface area contributed by atoms with Crippen molar-refractivity contribution in [3.05, 3.63) is 46.8 Å². The van der Waals surface area contributed by atoms with Crippen LogP contribution in [0.2, 0.25) is 0 Å². The van der Waals surface area contributed by atoms with Crippen molar-refractivity contribution < 1.29 is 27.9 Å². The smallest absolute Gasteiger partial charge is 0.315 e. The molecule has 1 atom stereocenters. The van der Waals surface area contributed by atoms with Gasteiger partial charge in [-0.1, -0.05) is 23.4 Å². The number of ether oxygens (including phenoxy) is 1. The van der Waals surface area contributed by atoms with Crippen molar-refractivity contribution in [2.75, 3.05) is 13.2 Å². The summed E-state index contributed by atoms with van der Waals surface area (Å²) in [4.78, 5) is 11.7. The summed E-state index contributed by atoms with van der Waals surface area (Å²) >= 11 is 0. The minimum absolute atomic E-state index is 0.0181. The summed E-state index contributed by atoms with van der Waals surface area (Å²) in [6.07, 6.45) is -0.910. The predicted octanol–water partition coefficient (Wildman–Crippen LogP) is 2.64. The highest BCUT2D eigenvalue weighted by Gasteiger charge is 2.29. The van der Waals surface area contributed by atoms with E-state index in [1.807, 2.05) is 32.0 Å². The zero-order valence-corrected chi connectivity index (χ0v) is 15.4. The van der Waals surface area contributed by atoms with Crippen molar-refractivity contribution in [3.8, 4) is 5.75 Å². The summed E-state index contributed by atoms with van der Waals surface area (Å²) in [7, 11) is 0. The van der Waals surface area contributed by atoms with Crippen LogP contribution in [-0.2, 0) is 12.5 Å². The lowest BCUT2D eigenvalue weighted by Crippen LogP contribution is -2.41. The number of halogens is 2. The van der Waals surface area contributed by atoms with Crippen molar-refractivity contribution >= 4 is 6.03 Å². The molecule has 148 valence electrons. The Morgan fingerprint density at radius 2 is 2.00 bits per heavy atom. The maximum atomic E-state index is 13.0. The van der Waals surface area contributed by atoms with Crippen molar-refractivity contribution in [2.45, 2.75) is 39.3 Å². The van der Waals surface area contributed by atoms with Crippen molar-refractivity contribution in [1.29, 1.82) is 0 Å². The summed E-state index contributed by atoms with van der Waals surface area (Å²) in [5, 5.41) is 18.3. The van der Waals surface area contributed by atoms with Crippen LogP contribution in [0.5, 0.6) is 5.75 Å². The van der Waals surface area contributed by atoms with Gasteiger partial charge in [0, 0.05) is 19.5 Å². The Labute approximate surface area is 155 Å². The summed E-state index contributed by atoms with van der Waals surface area (Å²) in [6, 6.07) is 6.23. The van der Waals surface area contributed by atoms with Crippen LogP contribution in [0.4, 0.5) is 13.6 Å². The van der Waals surface area contributed by atoms with E-state index in [4.69, 9.17) is 4.74 Å². The van der Waals surface area contributed by atoms with E-state index in [1.165, 1.54) is 0 Å². The molecule has 3 N–H and O–H groups in total. The van der Waals surface area contributed by atoms with Crippen molar-refractivity contribution in [2.24, 2.45) is 0 Å². The highest BCUT2D eigenvalue weighted by molar-refractivity contribution is 5.73. The van der Waals surface area contributed by atoms with Crippen LogP contribution in [0.3, 0.4) is 0 Å². The van der Waals surface area contributed by atoms with Gasteiger partial charge in [0.25, 0.3) is 0 Å². The lowest BCUT2D eigenvalue weighted by molar-refractivity contribution is -0.0105. The van der Waals surface area contributed by atoms with E-state index in [9.17, 15) is 18.7 Å². The number of carbonyl (C=O) groups is 1. The van der Waals surface area contributed by atoms with E-state index in [1.54, 1.807) is 0 Å². The molecule has 0 bridgehead atoms. The second kappa shape index (κ2) is 8.81. The minimum atomic E-state index is -3.13. The molecular weight excluding hydrogens is 360 g/mol. The molecular formula is C18H23F2N3O4. The number of hydrogen-bond acceptors (Lipinski definition) is 5. The maximum Gasteiger partial charge on any atom is 0.315 e. The Hall–Kier alpha value is -2.68. The molecule has 0 saturated heterocycles. The van der Waals surface area contributed by atoms with E-state index in [0.717, 1.165) is 17.2 Å². The van der Waals surface area contributed by atoms with Crippen LogP contribution in [0, 0.1) is 13.8 Å². The molecule has 2 aromatic rings. The Morgan fingerprint density at radius 1 is 1.33 bits per heavy atom. The Balaban J connectivity index is 1.71. The van der Waals surface area contributed by atoms with E-state index in [2.05, 4.69) is 20.3 Å². The third-order valence-corrected chi connectivity index (χ3v) is 3.75. The molecule has 1 unspecified atom stereocenters. The highest BCUT2D eigenvalue weighted by atomic mass is 19.3. The quantitative estimate of drug-likeness (QED) is 0.651. The average Bonchev–Trinajstić information content (AvgIpc) is 3.07. The van der Waals surface area contributed by atoms with Gasteiger partial charge in [0.1, 0.15) is 24.2 Å². The molecule has 7 nitrogen and oxygen atoms in total. The molecule has 0 spiro atoms. The predicted molar refractivity (Wildman–Crippen MR) is 93.7 cm³/mol. The number of urea groups is 1. The number of rotatable bonds is 8. The monoisotopic (exact) mass is 383 g/mol. The van der Waals surface area contributed by atoms with Gasteiger partial charge in [0.15, 0.2) is 0 Å². The fraction of sp³-hybridized carbons (Fsp3) is 0.444. The molecule has 1 aromatic heterocycles. The number of aryl methyl sites for hydroxylation is 2. The minimum Gasteiger partial charge on any atom is -0.490 e. The van der Waals surface area contributed by atoms with E-state index in [-0.39, 0.29) is 25.4 Å². The first-order chi connectivity index (χ1) is 12.7. The lowest BCUT2D eigenvalue weighted by Gasteiger charge is -2.16. The van der Waals surface area contributed by atoms with E-state index < -0.39 is 23.8 Å². The van der Waals surface area contributed by atoms with E-state index in [0.29, 0.717) is 12.7 Å². The molecule has 0 radical (unpaired) electrons. The van der Waals surface area contributed by atoms with Gasteiger partial charge in [0.05, 0.1) is 6.54 Å². The zero-order chi connectivity index (χ0) is 20.0. The highest BCUT2D eigenvalue weighted by Crippen LogP contribution is 2.27.